The normalized spacial score (nSPS) is 40.5. The van der Waals surface area contributed by atoms with Gasteiger partial charge in [0.25, 0.3) is 0 Å². The van der Waals surface area contributed by atoms with E-state index >= 15 is 0 Å². The van der Waals surface area contributed by atoms with Crippen LogP contribution in [-0.4, -0.2) is 22.4 Å². The van der Waals surface area contributed by atoms with E-state index < -0.39 is 5.60 Å². The number of rotatable bonds is 2. The van der Waals surface area contributed by atoms with Crippen LogP contribution in [0.3, 0.4) is 0 Å². The van der Waals surface area contributed by atoms with Crippen LogP contribution in [0.15, 0.2) is 0 Å². The van der Waals surface area contributed by atoms with Gasteiger partial charge in [-0.25, -0.2) is 0 Å². The molecule has 0 aliphatic heterocycles. The summed E-state index contributed by atoms with van der Waals surface area (Å²) in [4.78, 5) is 0. The molecule has 1 aliphatic carbocycles. The maximum absolute atomic E-state index is 9.80. The molecule has 60 valence electrons. The molecule has 2 unspecified atom stereocenters. The van der Waals surface area contributed by atoms with Crippen LogP contribution in [0, 0.1) is 5.92 Å². The van der Waals surface area contributed by atoms with Gasteiger partial charge in [0.15, 0.2) is 0 Å². The van der Waals surface area contributed by atoms with Crippen molar-refractivity contribution in [1.29, 1.82) is 0 Å². The summed E-state index contributed by atoms with van der Waals surface area (Å²) in [6, 6.07) is 0. The molecule has 0 saturated heterocycles. The van der Waals surface area contributed by atoms with Gasteiger partial charge in [-0.1, -0.05) is 13.3 Å². The van der Waals surface area contributed by atoms with E-state index in [0.29, 0.717) is 0 Å². The first kappa shape index (κ1) is 8.02. The smallest absolute Gasteiger partial charge is 0.0695 e. The first-order valence-electron chi connectivity index (χ1n) is 4.06. The highest BCUT2D eigenvalue weighted by molar-refractivity contribution is 4.90. The second-order valence-electron chi connectivity index (χ2n) is 3.23. The first-order chi connectivity index (χ1) is 4.73. The molecule has 0 heterocycles. The van der Waals surface area contributed by atoms with E-state index in [0.717, 1.165) is 25.7 Å². The molecule has 0 radical (unpaired) electrons. The zero-order valence-electron chi connectivity index (χ0n) is 6.51. The van der Waals surface area contributed by atoms with Crippen molar-refractivity contribution in [2.24, 2.45) is 5.92 Å². The van der Waals surface area contributed by atoms with Crippen molar-refractivity contribution in [3.63, 3.8) is 0 Å². The molecule has 0 aromatic rings. The zero-order valence-corrected chi connectivity index (χ0v) is 6.51. The highest BCUT2D eigenvalue weighted by atomic mass is 16.3. The van der Waals surface area contributed by atoms with Gasteiger partial charge in [-0.3, -0.25) is 0 Å². The third-order valence-corrected chi connectivity index (χ3v) is 2.75. The predicted molar refractivity (Wildman–Crippen MR) is 39.7 cm³/mol. The predicted octanol–water partition coefficient (Wildman–Crippen LogP) is 0.920. The molecule has 10 heavy (non-hydrogen) atoms. The van der Waals surface area contributed by atoms with Crippen molar-refractivity contribution in [1.82, 2.24) is 0 Å². The lowest BCUT2D eigenvalue weighted by Gasteiger charge is -2.27. The van der Waals surface area contributed by atoms with Crippen molar-refractivity contribution in [3.8, 4) is 0 Å². The van der Waals surface area contributed by atoms with E-state index in [-0.39, 0.29) is 12.5 Å². The molecule has 1 fully saturated rings. The Morgan fingerprint density at radius 1 is 1.60 bits per heavy atom. The van der Waals surface area contributed by atoms with Crippen molar-refractivity contribution >= 4 is 0 Å². The largest absolute Gasteiger partial charge is 0.396 e. The standard InChI is InChI=1S/C8H16O2/c1-2-8(10)5-3-4-7(8)6-9/h7,9-10H,2-6H2,1H3. The summed E-state index contributed by atoms with van der Waals surface area (Å²) in [7, 11) is 0. The minimum absolute atomic E-state index is 0.137. The van der Waals surface area contributed by atoms with Gasteiger partial charge in [-0.2, -0.15) is 0 Å². The van der Waals surface area contributed by atoms with E-state index in [1.807, 2.05) is 6.92 Å². The second-order valence-corrected chi connectivity index (χ2v) is 3.23. The quantitative estimate of drug-likeness (QED) is 0.605. The number of aliphatic hydroxyl groups is 2. The summed E-state index contributed by atoms with van der Waals surface area (Å²) < 4.78 is 0. The van der Waals surface area contributed by atoms with Gasteiger partial charge in [0.05, 0.1) is 5.60 Å². The molecule has 1 aliphatic rings. The molecular formula is C8H16O2. The molecule has 0 aromatic carbocycles. The molecule has 0 spiro atoms. The highest BCUT2D eigenvalue weighted by Crippen LogP contribution is 2.37. The Labute approximate surface area is 61.9 Å². The van der Waals surface area contributed by atoms with Crippen LogP contribution in [0.1, 0.15) is 32.6 Å². The lowest BCUT2D eigenvalue weighted by molar-refractivity contribution is -0.0214. The molecule has 0 aromatic heterocycles. The van der Waals surface area contributed by atoms with Crippen LogP contribution in [0.25, 0.3) is 0 Å². The fourth-order valence-electron chi connectivity index (χ4n) is 1.85. The summed E-state index contributed by atoms with van der Waals surface area (Å²) >= 11 is 0. The fraction of sp³-hybridized carbons (Fsp3) is 1.00. The molecule has 1 saturated carbocycles. The number of hydrogen-bond donors (Lipinski definition) is 2. The summed E-state index contributed by atoms with van der Waals surface area (Å²) in [6.07, 6.45) is 3.70. The van der Waals surface area contributed by atoms with Crippen molar-refractivity contribution in [2.75, 3.05) is 6.61 Å². The number of aliphatic hydroxyl groups excluding tert-OH is 1. The Bertz CT molecular complexity index is 114. The van der Waals surface area contributed by atoms with E-state index in [1.165, 1.54) is 0 Å². The Hall–Kier alpha value is -0.0800. The minimum Gasteiger partial charge on any atom is -0.396 e. The van der Waals surface area contributed by atoms with Crippen LogP contribution in [0.2, 0.25) is 0 Å². The van der Waals surface area contributed by atoms with Crippen molar-refractivity contribution < 1.29 is 10.2 Å². The lowest BCUT2D eigenvalue weighted by atomic mass is 9.89. The summed E-state index contributed by atoms with van der Waals surface area (Å²) in [6.45, 7) is 2.12. The molecule has 0 bridgehead atoms. The van der Waals surface area contributed by atoms with E-state index in [2.05, 4.69) is 0 Å². The minimum atomic E-state index is -0.547. The van der Waals surface area contributed by atoms with Gasteiger partial charge >= 0.3 is 0 Å². The molecule has 0 amide bonds. The van der Waals surface area contributed by atoms with Gasteiger partial charge in [-0.15, -0.1) is 0 Å². The van der Waals surface area contributed by atoms with Gasteiger partial charge in [-0.05, 0) is 19.3 Å². The fourth-order valence-corrected chi connectivity index (χ4v) is 1.85. The Morgan fingerprint density at radius 2 is 2.30 bits per heavy atom. The van der Waals surface area contributed by atoms with Crippen molar-refractivity contribution in [3.05, 3.63) is 0 Å². The Morgan fingerprint density at radius 3 is 2.70 bits per heavy atom. The van der Waals surface area contributed by atoms with Crippen LogP contribution >= 0.6 is 0 Å². The molecule has 1 rings (SSSR count). The first-order valence-corrected chi connectivity index (χ1v) is 4.06. The highest BCUT2D eigenvalue weighted by Gasteiger charge is 2.38. The second kappa shape index (κ2) is 2.89. The molecule has 2 heteroatoms. The lowest BCUT2D eigenvalue weighted by Crippen LogP contribution is -2.34. The third kappa shape index (κ3) is 1.18. The maximum atomic E-state index is 9.80. The van der Waals surface area contributed by atoms with E-state index in [4.69, 9.17) is 5.11 Å². The molecule has 2 N–H and O–H groups in total. The van der Waals surface area contributed by atoms with Crippen LogP contribution < -0.4 is 0 Å². The van der Waals surface area contributed by atoms with Crippen LogP contribution in [0.5, 0.6) is 0 Å². The molecule has 2 atom stereocenters. The molecular weight excluding hydrogens is 128 g/mol. The summed E-state index contributed by atoms with van der Waals surface area (Å²) in [5, 5.41) is 18.7. The van der Waals surface area contributed by atoms with Gasteiger partial charge in [0, 0.05) is 12.5 Å². The number of hydrogen-bond acceptors (Lipinski definition) is 2. The Kier molecular flexibility index (Phi) is 2.32. The van der Waals surface area contributed by atoms with Gasteiger partial charge in [0.2, 0.25) is 0 Å². The van der Waals surface area contributed by atoms with Gasteiger partial charge < -0.3 is 10.2 Å². The Balaban J connectivity index is 2.56. The molecule has 2 nitrogen and oxygen atoms in total. The van der Waals surface area contributed by atoms with Crippen LogP contribution in [-0.2, 0) is 0 Å². The monoisotopic (exact) mass is 144 g/mol. The van der Waals surface area contributed by atoms with Gasteiger partial charge in [0.1, 0.15) is 0 Å². The summed E-state index contributed by atoms with van der Waals surface area (Å²) in [5.74, 6) is 0.137. The maximum Gasteiger partial charge on any atom is 0.0695 e. The third-order valence-electron chi connectivity index (χ3n) is 2.75. The average Bonchev–Trinajstić information content (AvgIpc) is 2.32. The van der Waals surface area contributed by atoms with E-state index in [1.54, 1.807) is 0 Å². The summed E-state index contributed by atoms with van der Waals surface area (Å²) in [5.41, 5.74) is -0.547. The van der Waals surface area contributed by atoms with Crippen molar-refractivity contribution in [2.45, 2.75) is 38.2 Å². The zero-order chi connectivity index (χ0) is 7.61. The topological polar surface area (TPSA) is 40.5 Å². The SMILES string of the molecule is CCC1(O)CCCC1CO. The van der Waals surface area contributed by atoms with E-state index in [9.17, 15) is 5.11 Å². The average molecular weight is 144 g/mol. The van der Waals surface area contributed by atoms with Crippen LogP contribution in [0.4, 0.5) is 0 Å².